The van der Waals surface area contributed by atoms with Crippen LogP contribution in [0.4, 0.5) is 0 Å². The molecular formula is C17H17N5O2. The van der Waals surface area contributed by atoms with Gasteiger partial charge >= 0.3 is 0 Å². The molecule has 1 aliphatic rings. The van der Waals surface area contributed by atoms with Crippen LogP contribution in [-0.2, 0) is 17.8 Å². The summed E-state index contributed by atoms with van der Waals surface area (Å²) in [6, 6.07) is 7.39. The van der Waals surface area contributed by atoms with Crippen LogP contribution in [0.5, 0.6) is 0 Å². The van der Waals surface area contributed by atoms with E-state index < -0.39 is 0 Å². The van der Waals surface area contributed by atoms with Crippen LogP contribution in [0.2, 0.25) is 0 Å². The van der Waals surface area contributed by atoms with Crippen molar-refractivity contribution in [3.63, 3.8) is 0 Å². The SMILES string of the molecule is CC(C(=O)N1CCc2c(nc[nH]c2=O)C1)n1cnc2ccccc21. The zero-order valence-electron chi connectivity index (χ0n) is 13.3. The summed E-state index contributed by atoms with van der Waals surface area (Å²) in [5.41, 5.74) is 3.06. The Morgan fingerprint density at radius 2 is 2.12 bits per heavy atom. The van der Waals surface area contributed by atoms with Crippen molar-refractivity contribution in [3.8, 4) is 0 Å². The predicted molar refractivity (Wildman–Crippen MR) is 88.4 cm³/mol. The van der Waals surface area contributed by atoms with Gasteiger partial charge in [-0.25, -0.2) is 9.97 Å². The number of carbonyl (C=O) groups is 1. The normalized spacial score (nSPS) is 15.3. The van der Waals surface area contributed by atoms with E-state index in [0.717, 1.165) is 11.0 Å². The first kappa shape index (κ1) is 14.6. The molecule has 0 bridgehead atoms. The molecule has 7 heteroatoms. The van der Waals surface area contributed by atoms with Gasteiger partial charge in [-0.15, -0.1) is 0 Å². The molecule has 3 heterocycles. The first-order valence-corrected chi connectivity index (χ1v) is 7.91. The van der Waals surface area contributed by atoms with Gasteiger partial charge in [0.25, 0.3) is 5.56 Å². The average Bonchev–Trinajstić information content (AvgIpc) is 3.04. The zero-order chi connectivity index (χ0) is 16.7. The molecule has 1 amide bonds. The van der Waals surface area contributed by atoms with Gasteiger partial charge in [-0.2, -0.15) is 0 Å². The molecule has 0 spiro atoms. The Morgan fingerprint density at radius 1 is 1.29 bits per heavy atom. The maximum absolute atomic E-state index is 12.9. The summed E-state index contributed by atoms with van der Waals surface area (Å²) in [6.07, 6.45) is 3.62. The van der Waals surface area contributed by atoms with Gasteiger partial charge in [0.1, 0.15) is 6.04 Å². The monoisotopic (exact) mass is 323 g/mol. The molecule has 0 saturated heterocycles. The molecule has 24 heavy (non-hydrogen) atoms. The van der Waals surface area contributed by atoms with Gasteiger partial charge in [-0.05, 0) is 25.5 Å². The molecule has 0 saturated carbocycles. The first-order valence-electron chi connectivity index (χ1n) is 7.91. The van der Waals surface area contributed by atoms with Gasteiger partial charge in [0.2, 0.25) is 5.91 Å². The molecule has 0 fully saturated rings. The van der Waals surface area contributed by atoms with Crippen LogP contribution in [0.25, 0.3) is 11.0 Å². The summed E-state index contributed by atoms with van der Waals surface area (Å²) >= 11 is 0. The molecular weight excluding hydrogens is 306 g/mol. The minimum absolute atomic E-state index is 0.00545. The summed E-state index contributed by atoms with van der Waals surface area (Å²) in [4.78, 5) is 37.6. The Hall–Kier alpha value is -2.96. The van der Waals surface area contributed by atoms with Crippen molar-refractivity contribution in [2.24, 2.45) is 0 Å². The minimum Gasteiger partial charge on any atom is -0.335 e. The fourth-order valence-electron chi connectivity index (χ4n) is 3.22. The van der Waals surface area contributed by atoms with E-state index in [-0.39, 0.29) is 17.5 Å². The second-order valence-corrected chi connectivity index (χ2v) is 5.98. The van der Waals surface area contributed by atoms with E-state index in [1.807, 2.05) is 35.8 Å². The molecule has 7 nitrogen and oxygen atoms in total. The summed E-state index contributed by atoms with van der Waals surface area (Å²) < 4.78 is 1.89. The molecule has 4 rings (SSSR count). The van der Waals surface area contributed by atoms with E-state index in [2.05, 4.69) is 15.0 Å². The first-order chi connectivity index (χ1) is 11.6. The molecule has 1 atom stereocenters. The number of rotatable bonds is 2. The second-order valence-electron chi connectivity index (χ2n) is 5.98. The lowest BCUT2D eigenvalue weighted by Crippen LogP contribution is -2.41. The fraction of sp³-hybridized carbons (Fsp3) is 0.294. The van der Waals surface area contributed by atoms with Crippen molar-refractivity contribution in [1.82, 2.24) is 24.4 Å². The quantitative estimate of drug-likeness (QED) is 0.769. The Labute approximate surface area is 138 Å². The lowest BCUT2D eigenvalue weighted by Gasteiger charge is -2.30. The molecule has 1 N–H and O–H groups in total. The molecule has 1 aliphatic heterocycles. The topological polar surface area (TPSA) is 83.9 Å². The summed E-state index contributed by atoms with van der Waals surface area (Å²) in [6.45, 7) is 2.77. The van der Waals surface area contributed by atoms with Crippen LogP contribution in [0.15, 0.2) is 41.7 Å². The average molecular weight is 323 g/mol. The number of nitrogens with zero attached hydrogens (tertiary/aromatic N) is 4. The van der Waals surface area contributed by atoms with E-state index in [9.17, 15) is 9.59 Å². The van der Waals surface area contributed by atoms with Gasteiger partial charge in [0.15, 0.2) is 0 Å². The number of hydrogen-bond donors (Lipinski definition) is 1. The summed E-state index contributed by atoms with van der Waals surface area (Å²) in [5, 5.41) is 0. The third-order valence-corrected chi connectivity index (χ3v) is 4.58. The number of aromatic amines is 1. The van der Waals surface area contributed by atoms with Crippen LogP contribution in [0, 0.1) is 0 Å². The van der Waals surface area contributed by atoms with Gasteiger partial charge in [0, 0.05) is 12.1 Å². The van der Waals surface area contributed by atoms with Gasteiger partial charge in [-0.3, -0.25) is 9.59 Å². The Bertz CT molecular complexity index is 974. The Kier molecular flexibility index (Phi) is 3.41. The third kappa shape index (κ3) is 2.29. The zero-order valence-corrected chi connectivity index (χ0v) is 13.3. The number of H-pyrrole nitrogens is 1. The van der Waals surface area contributed by atoms with Gasteiger partial charge in [-0.1, -0.05) is 12.1 Å². The number of imidazole rings is 1. The number of amides is 1. The number of benzene rings is 1. The summed E-state index contributed by atoms with van der Waals surface area (Å²) in [7, 11) is 0. The Morgan fingerprint density at radius 3 is 3.00 bits per heavy atom. The predicted octanol–water partition coefficient (Wildman–Crippen LogP) is 1.27. The number of aromatic nitrogens is 4. The van der Waals surface area contributed by atoms with Crippen molar-refractivity contribution in [1.29, 1.82) is 0 Å². The number of nitrogens with one attached hydrogen (secondary N) is 1. The molecule has 122 valence electrons. The van der Waals surface area contributed by atoms with Crippen molar-refractivity contribution in [2.75, 3.05) is 6.54 Å². The van der Waals surface area contributed by atoms with E-state index in [1.165, 1.54) is 6.33 Å². The van der Waals surface area contributed by atoms with Crippen LogP contribution in [-0.4, -0.2) is 36.9 Å². The second kappa shape index (κ2) is 5.59. The highest BCUT2D eigenvalue weighted by Gasteiger charge is 2.28. The van der Waals surface area contributed by atoms with E-state index in [4.69, 9.17) is 0 Å². The molecule has 0 aliphatic carbocycles. The van der Waals surface area contributed by atoms with Crippen molar-refractivity contribution in [2.45, 2.75) is 25.9 Å². The number of fused-ring (bicyclic) bond motifs is 2. The van der Waals surface area contributed by atoms with Crippen molar-refractivity contribution >= 4 is 16.9 Å². The highest BCUT2D eigenvalue weighted by atomic mass is 16.2. The molecule has 3 aromatic rings. The van der Waals surface area contributed by atoms with Crippen LogP contribution >= 0.6 is 0 Å². The standard InChI is InChI=1S/C17H17N5O2/c1-11(22-10-20-13-4-2-3-5-15(13)22)17(24)21-7-6-12-14(8-21)18-9-19-16(12)23/h2-5,9-11H,6-8H2,1H3,(H,18,19,23). The minimum atomic E-state index is -0.360. The molecule has 1 aromatic carbocycles. The van der Waals surface area contributed by atoms with E-state index in [0.29, 0.717) is 30.8 Å². The maximum Gasteiger partial charge on any atom is 0.254 e. The van der Waals surface area contributed by atoms with Crippen LogP contribution in [0.1, 0.15) is 24.2 Å². The van der Waals surface area contributed by atoms with E-state index >= 15 is 0 Å². The highest BCUT2D eigenvalue weighted by Crippen LogP contribution is 2.21. The largest absolute Gasteiger partial charge is 0.335 e. The fourth-order valence-corrected chi connectivity index (χ4v) is 3.22. The molecule has 2 aromatic heterocycles. The number of carbonyl (C=O) groups excluding carboxylic acids is 1. The number of hydrogen-bond acceptors (Lipinski definition) is 4. The van der Waals surface area contributed by atoms with Crippen LogP contribution in [0.3, 0.4) is 0 Å². The van der Waals surface area contributed by atoms with Crippen LogP contribution < -0.4 is 5.56 Å². The lowest BCUT2D eigenvalue weighted by atomic mass is 10.1. The smallest absolute Gasteiger partial charge is 0.254 e. The third-order valence-electron chi connectivity index (χ3n) is 4.58. The lowest BCUT2D eigenvalue weighted by molar-refractivity contribution is -0.135. The summed E-state index contributed by atoms with van der Waals surface area (Å²) in [5.74, 6) is 0.00545. The van der Waals surface area contributed by atoms with E-state index in [1.54, 1.807) is 11.2 Å². The molecule has 1 unspecified atom stereocenters. The van der Waals surface area contributed by atoms with Gasteiger partial charge < -0.3 is 14.5 Å². The molecule has 0 radical (unpaired) electrons. The maximum atomic E-state index is 12.9. The van der Waals surface area contributed by atoms with Crippen molar-refractivity contribution in [3.05, 3.63) is 58.5 Å². The number of para-hydroxylation sites is 2. The van der Waals surface area contributed by atoms with Gasteiger partial charge in [0.05, 0.1) is 35.9 Å². The Balaban J connectivity index is 1.61. The highest BCUT2D eigenvalue weighted by molar-refractivity contribution is 5.83. The van der Waals surface area contributed by atoms with Crippen molar-refractivity contribution < 1.29 is 4.79 Å².